The SMILES string of the molecule is O=C(NCCCN1CCCCC1)N1CCCN(S(=O)(=O)c2ccc(F)cc2)CC1. The molecule has 0 aliphatic carbocycles. The van der Waals surface area contributed by atoms with Crippen molar-refractivity contribution in [3.05, 3.63) is 30.1 Å². The first kappa shape index (κ1) is 22.0. The second-order valence-electron chi connectivity index (χ2n) is 7.69. The Morgan fingerprint density at radius 3 is 2.38 bits per heavy atom. The van der Waals surface area contributed by atoms with Crippen LogP contribution in [0.15, 0.2) is 29.2 Å². The Kier molecular flexibility index (Phi) is 7.85. The van der Waals surface area contributed by atoms with E-state index in [9.17, 15) is 17.6 Å². The number of likely N-dealkylation sites (tertiary alicyclic amines) is 1. The molecule has 0 spiro atoms. The fourth-order valence-electron chi connectivity index (χ4n) is 3.89. The maximum absolute atomic E-state index is 13.1. The first-order valence-corrected chi connectivity index (χ1v) is 11.9. The highest BCUT2D eigenvalue weighted by Crippen LogP contribution is 2.18. The van der Waals surface area contributed by atoms with Gasteiger partial charge in [0.1, 0.15) is 5.82 Å². The molecule has 2 heterocycles. The second kappa shape index (κ2) is 10.4. The van der Waals surface area contributed by atoms with Gasteiger partial charge >= 0.3 is 6.03 Å². The molecule has 2 saturated heterocycles. The van der Waals surface area contributed by atoms with Gasteiger partial charge in [-0.05, 0) is 69.6 Å². The largest absolute Gasteiger partial charge is 0.338 e. The lowest BCUT2D eigenvalue weighted by molar-refractivity contribution is 0.197. The summed E-state index contributed by atoms with van der Waals surface area (Å²) in [6.45, 7) is 5.38. The minimum atomic E-state index is -3.68. The van der Waals surface area contributed by atoms with E-state index in [2.05, 4.69) is 10.2 Å². The van der Waals surface area contributed by atoms with Crippen molar-refractivity contribution in [3.8, 4) is 0 Å². The van der Waals surface area contributed by atoms with Crippen LogP contribution in [0.2, 0.25) is 0 Å². The summed E-state index contributed by atoms with van der Waals surface area (Å²) in [6.07, 6.45) is 5.33. The van der Waals surface area contributed by atoms with Crippen LogP contribution in [0.5, 0.6) is 0 Å². The smallest absolute Gasteiger partial charge is 0.317 e. The Bertz CT molecular complexity index is 766. The fourth-order valence-corrected chi connectivity index (χ4v) is 5.36. The third kappa shape index (κ3) is 6.13. The van der Waals surface area contributed by atoms with Crippen LogP contribution in [0.1, 0.15) is 32.1 Å². The van der Waals surface area contributed by atoms with Crippen molar-refractivity contribution >= 4 is 16.1 Å². The summed E-state index contributed by atoms with van der Waals surface area (Å²) in [5.74, 6) is -0.469. The number of nitrogens with one attached hydrogen (secondary N) is 1. The molecule has 2 amide bonds. The molecular weight excluding hydrogens is 395 g/mol. The van der Waals surface area contributed by atoms with Crippen molar-refractivity contribution in [3.63, 3.8) is 0 Å². The highest BCUT2D eigenvalue weighted by Gasteiger charge is 2.28. The van der Waals surface area contributed by atoms with Crippen LogP contribution in [0, 0.1) is 5.82 Å². The topological polar surface area (TPSA) is 73.0 Å². The zero-order valence-corrected chi connectivity index (χ0v) is 17.7. The Morgan fingerprint density at radius 1 is 0.931 bits per heavy atom. The van der Waals surface area contributed by atoms with E-state index in [1.54, 1.807) is 4.90 Å². The van der Waals surface area contributed by atoms with Gasteiger partial charge in [-0.15, -0.1) is 0 Å². The van der Waals surface area contributed by atoms with Crippen LogP contribution in [0.4, 0.5) is 9.18 Å². The maximum atomic E-state index is 13.1. The Balaban J connectivity index is 1.45. The van der Waals surface area contributed by atoms with Crippen molar-refractivity contribution in [1.29, 1.82) is 0 Å². The van der Waals surface area contributed by atoms with Crippen LogP contribution < -0.4 is 5.32 Å². The van der Waals surface area contributed by atoms with Crippen LogP contribution in [0.25, 0.3) is 0 Å². The number of halogens is 1. The molecule has 1 N–H and O–H groups in total. The highest BCUT2D eigenvalue weighted by atomic mass is 32.2. The number of nitrogens with zero attached hydrogens (tertiary/aromatic N) is 3. The number of benzene rings is 1. The van der Waals surface area contributed by atoms with Crippen LogP contribution >= 0.6 is 0 Å². The summed E-state index contributed by atoms with van der Waals surface area (Å²) in [7, 11) is -3.68. The number of amides is 2. The van der Waals surface area contributed by atoms with E-state index in [1.165, 1.54) is 35.7 Å². The minimum Gasteiger partial charge on any atom is -0.338 e. The quantitative estimate of drug-likeness (QED) is 0.707. The number of carbonyl (C=O) groups is 1. The summed E-state index contributed by atoms with van der Waals surface area (Å²) >= 11 is 0. The number of carbonyl (C=O) groups excluding carboxylic acids is 1. The summed E-state index contributed by atoms with van der Waals surface area (Å²) in [4.78, 5) is 16.7. The lowest BCUT2D eigenvalue weighted by Gasteiger charge is -2.26. The van der Waals surface area contributed by atoms with E-state index < -0.39 is 15.8 Å². The molecule has 9 heteroatoms. The molecule has 162 valence electrons. The summed E-state index contributed by atoms with van der Waals surface area (Å²) in [5.41, 5.74) is 0. The minimum absolute atomic E-state index is 0.0783. The molecule has 2 aliphatic rings. The molecule has 0 saturated carbocycles. The highest BCUT2D eigenvalue weighted by molar-refractivity contribution is 7.89. The molecule has 0 radical (unpaired) electrons. The van der Waals surface area contributed by atoms with E-state index >= 15 is 0 Å². The van der Waals surface area contributed by atoms with Gasteiger partial charge in [0.05, 0.1) is 4.90 Å². The van der Waals surface area contributed by atoms with Crippen molar-refractivity contribution in [2.24, 2.45) is 0 Å². The van der Waals surface area contributed by atoms with Gasteiger partial charge in [0.15, 0.2) is 0 Å². The number of piperidine rings is 1. The molecule has 1 aromatic carbocycles. The Morgan fingerprint density at radius 2 is 1.66 bits per heavy atom. The van der Waals surface area contributed by atoms with Gasteiger partial charge < -0.3 is 15.1 Å². The van der Waals surface area contributed by atoms with Gasteiger partial charge in [-0.1, -0.05) is 6.42 Å². The predicted octanol–water partition coefficient (Wildman–Crippen LogP) is 2.11. The Hall–Kier alpha value is -1.71. The first-order chi connectivity index (χ1) is 14.0. The summed E-state index contributed by atoms with van der Waals surface area (Å²) in [5, 5.41) is 2.96. The molecule has 2 fully saturated rings. The molecule has 29 heavy (non-hydrogen) atoms. The van der Waals surface area contributed by atoms with E-state index in [4.69, 9.17) is 0 Å². The summed E-state index contributed by atoms with van der Waals surface area (Å²) in [6, 6.07) is 4.72. The van der Waals surface area contributed by atoms with Gasteiger partial charge in [0.2, 0.25) is 10.0 Å². The molecule has 0 aromatic heterocycles. The van der Waals surface area contributed by atoms with Crippen molar-refractivity contribution in [1.82, 2.24) is 19.4 Å². The molecule has 7 nitrogen and oxygen atoms in total. The van der Waals surface area contributed by atoms with E-state index in [-0.39, 0.29) is 17.5 Å². The van der Waals surface area contributed by atoms with Gasteiger partial charge in [-0.2, -0.15) is 4.31 Å². The van der Waals surface area contributed by atoms with Crippen LogP contribution in [-0.2, 0) is 10.0 Å². The first-order valence-electron chi connectivity index (χ1n) is 10.5. The molecule has 0 bridgehead atoms. The predicted molar refractivity (Wildman–Crippen MR) is 110 cm³/mol. The summed E-state index contributed by atoms with van der Waals surface area (Å²) < 4.78 is 40.0. The van der Waals surface area contributed by atoms with E-state index in [0.29, 0.717) is 32.6 Å². The van der Waals surface area contributed by atoms with Gasteiger partial charge in [0, 0.05) is 32.7 Å². The second-order valence-corrected chi connectivity index (χ2v) is 9.62. The molecule has 1 aromatic rings. The van der Waals surface area contributed by atoms with E-state index in [0.717, 1.165) is 38.2 Å². The zero-order valence-electron chi connectivity index (χ0n) is 16.9. The van der Waals surface area contributed by atoms with Crippen LogP contribution in [0.3, 0.4) is 0 Å². The number of hydrogen-bond donors (Lipinski definition) is 1. The van der Waals surface area contributed by atoms with Crippen molar-refractivity contribution in [2.45, 2.75) is 37.0 Å². The zero-order chi connectivity index (χ0) is 20.7. The third-order valence-corrected chi connectivity index (χ3v) is 7.48. The molecule has 3 rings (SSSR count). The monoisotopic (exact) mass is 426 g/mol. The Labute approximate surface area is 172 Å². The molecule has 0 unspecified atom stereocenters. The van der Waals surface area contributed by atoms with Crippen molar-refractivity contribution < 1.29 is 17.6 Å². The molecule has 2 aliphatic heterocycles. The average molecular weight is 427 g/mol. The van der Waals surface area contributed by atoms with Gasteiger partial charge in [-0.25, -0.2) is 17.6 Å². The van der Waals surface area contributed by atoms with Gasteiger partial charge in [0.25, 0.3) is 0 Å². The van der Waals surface area contributed by atoms with Gasteiger partial charge in [-0.3, -0.25) is 0 Å². The number of urea groups is 1. The lowest BCUT2D eigenvalue weighted by atomic mass is 10.1. The van der Waals surface area contributed by atoms with Crippen molar-refractivity contribution in [2.75, 3.05) is 52.4 Å². The standard InChI is InChI=1S/C20H31FN4O3S/c21-18-6-8-19(9-7-18)29(27,28)25-15-5-14-24(16-17-25)20(26)22-10-4-13-23-11-2-1-3-12-23/h6-9H,1-5,10-17H2,(H,22,26). The lowest BCUT2D eigenvalue weighted by Crippen LogP contribution is -2.43. The number of sulfonamides is 1. The number of hydrogen-bond acceptors (Lipinski definition) is 4. The molecular formula is C20H31FN4O3S. The third-order valence-electron chi connectivity index (χ3n) is 5.57. The molecule has 0 atom stereocenters. The van der Waals surface area contributed by atoms with E-state index in [1.807, 2.05) is 0 Å². The normalized spacial score (nSPS) is 19.7. The number of rotatable bonds is 6. The van der Waals surface area contributed by atoms with Crippen LogP contribution in [-0.4, -0.2) is 80.9 Å². The fraction of sp³-hybridized carbons (Fsp3) is 0.650. The maximum Gasteiger partial charge on any atom is 0.317 e. The average Bonchev–Trinajstić information content (AvgIpc) is 2.99.